The average Bonchev–Trinajstić information content (AvgIpc) is 2.67. The quantitative estimate of drug-likeness (QED) is 0.447. The first-order chi connectivity index (χ1) is 12.0. The summed E-state index contributed by atoms with van der Waals surface area (Å²) in [5, 5.41) is 0. The molecule has 1 aromatic rings. The summed E-state index contributed by atoms with van der Waals surface area (Å²) in [7, 11) is 4.04. The molecule has 0 bridgehead atoms. The second-order valence-corrected chi connectivity index (χ2v) is 6.17. The predicted octanol–water partition coefficient (Wildman–Crippen LogP) is 2.65. The minimum absolute atomic E-state index is 0.0647. The molecule has 136 valence electrons. The Balaban J connectivity index is 2.30. The van der Waals surface area contributed by atoms with Gasteiger partial charge in [0.05, 0.1) is 21.3 Å². The molecule has 1 saturated carbocycles. The molecular weight excluding hydrogens is 324 g/mol. The number of Topliss-reactive ketones (excluding diaryl/α,β-unsaturated/α-hetero) is 1. The van der Waals surface area contributed by atoms with E-state index in [0.717, 1.165) is 12.8 Å². The predicted molar refractivity (Wildman–Crippen MR) is 90.3 cm³/mol. The summed E-state index contributed by atoms with van der Waals surface area (Å²) in [6.45, 7) is 0. The van der Waals surface area contributed by atoms with Crippen LogP contribution in [-0.2, 0) is 19.1 Å². The van der Waals surface area contributed by atoms with E-state index in [1.165, 1.54) is 14.2 Å². The van der Waals surface area contributed by atoms with Crippen molar-refractivity contribution in [3.05, 3.63) is 29.8 Å². The molecule has 25 heavy (non-hydrogen) atoms. The molecule has 1 aromatic carbocycles. The zero-order valence-corrected chi connectivity index (χ0v) is 14.8. The number of hydrogen-bond donors (Lipinski definition) is 0. The highest BCUT2D eigenvalue weighted by Gasteiger charge is 2.44. The van der Waals surface area contributed by atoms with Crippen LogP contribution in [0.1, 0.15) is 36.0 Å². The first-order valence-corrected chi connectivity index (χ1v) is 8.37. The van der Waals surface area contributed by atoms with Gasteiger partial charge in [-0.2, -0.15) is 0 Å². The van der Waals surface area contributed by atoms with E-state index in [1.807, 2.05) is 0 Å². The number of rotatable bonds is 6. The lowest BCUT2D eigenvalue weighted by Crippen LogP contribution is -2.41. The van der Waals surface area contributed by atoms with E-state index < -0.39 is 29.7 Å². The van der Waals surface area contributed by atoms with E-state index in [1.54, 1.807) is 31.4 Å². The van der Waals surface area contributed by atoms with Crippen LogP contribution in [0.3, 0.4) is 0 Å². The third-order valence-electron chi connectivity index (χ3n) is 4.87. The highest BCUT2D eigenvalue weighted by molar-refractivity contribution is 6.00. The molecule has 6 heteroatoms. The Hall–Kier alpha value is -2.37. The van der Waals surface area contributed by atoms with Crippen LogP contribution in [0.4, 0.5) is 0 Å². The standard InChI is InChI=1S/C19H24O6/c1-23-13-10-8-12(9-11-13)17(20)15-7-5-4-6-14(15)16(18(21)24-2)19(22)25-3/h8-11,14-16H,4-7H2,1-3H3/t14-,15-/m1/s1. The van der Waals surface area contributed by atoms with Gasteiger partial charge in [0.25, 0.3) is 0 Å². The second-order valence-electron chi connectivity index (χ2n) is 6.17. The molecule has 2 atom stereocenters. The Morgan fingerprint density at radius 2 is 1.48 bits per heavy atom. The topological polar surface area (TPSA) is 78.9 Å². The van der Waals surface area contributed by atoms with Gasteiger partial charge in [-0.1, -0.05) is 12.8 Å². The zero-order valence-electron chi connectivity index (χ0n) is 14.8. The third-order valence-corrected chi connectivity index (χ3v) is 4.87. The van der Waals surface area contributed by atoms with Crippen molar-refractivity contribution in [2.24, 2.45) is 17.8 Å². The van der Waals surface area contributed by atoms with Gasteiger partial charge in [-0.25, -0.2) is 0 Å². The van der Waals surface area contributed by atoms with E-state index in [2.05, 4.69) is 0 Å². The van der Waals surface area contributed by atoms with E-state index in [-0.39, 0.29) is 5.78 Å². The van der Waals surface area contributed by atoms with Crippen molar-refractivity contribution < 1.29 is 28.6 Å². The van der Waals surface area contributed by atoms with Gasteiger partial charge in [0.2, 0.25) is 0 Å². The summed E-state index contributed by atoms with van der Waals surface area (Å²) in [4.78, 5) is 37.3. The number of ketones is 1. The van der Waals surface area contributed by atoms with E-state index in [4.69, 9.17) is 14.2 Å². The number of carbonyl (C=O) groups excluding carboxylic acids is 3. The maximum atomic E-state index is 13.0. The molecule has 0 saturated heterocycles. The molecule has 1 aliphatic carbocycles. The van der Waals surface area contributed by atoms with Gasteiger partial charge in [0.1, 0.15) is 5.75 Å². The maximum absolute atomic E-state index is 13.0. The largest absolute Gasteiger partial charge is 0.497 e. The van der Waals surface area contributed by atoms with Gasteiger partial charge in [0, 0.05) is 11.5 Å². The van der Waals surface area contributed by atoms with Crippen LogP contribution in [0.5, 0.6) is 5.75 Å². The summed E-state index contributed by atoms with van der Waals surface area (Å²) >= 11 is 0. The number of benzene rings is 1. The highest BCUT2D eigenvalue weighted by Crippen LogP contribution is 2.38. The summed E-state index contributed by atoms with van der Waals surface area (Å²) in [5.41, 5.74) is 0.547. The van der Waals surface area contributed by atoms with Crippen molar-refractivity contribution in [3.63, 3.8) is 0 Å². The molecule has 0 heterocycles. The normalized spacial score (nSPS) is 20.0. The summed E-state index contributed by atoms with van der Waals surface area (Å²) in [6.07, 6.45) is 3.00. The Labute approximate surface area is 147 Å². The Bertz CT molecular complexity index is 605. The molecule has 0 N–H and O–H groups in total. The van der Waals surface area contributed by atoms with Crippen LogP contribution in [0.2, 0.25) is 0 Å². The highest BCUT2D eigenvalue weighted by atomic mass is 16.5. The Morgan fingerprint density at radius 1 is 0.920 bits per heavy atom. The summed E-state index contributed by atoms with van der Waals surface area (Å²) < 4.78 is 14.7. The van der Waals surface area contributed by atoms with Gasteiger partial charge in [-0.15, -0.1) is 0 Å². The molecule has 0 spiro atoms. The Kier molecular flexibility index (Phi) is 6.56. The minimum Gasteiger partial charge on any atom is -0.497 e. The number of methoxy groups -OCH3 is 3. The van der Waals surface area contributed by atoms with Crippen molar-refractivity contribution in [3.8, 4) is 5.75 Å². The first kappa shape index (κ1) is 19.0. The van der Waals surface area contributed by atoms with Crippen LogP contribution >= 0.6 is 0 Å². The van der Waals surface area contributed by atoms with Gasteiger partial charge >= 0.3 is 11.9 Å². The van der Waals surface area contributed by atoms with Gasteiger partial charge in [-0.05, 0) is 43.0 Å². The van der Waals surface area contributed by atoms with Gasteiger partial charge < -0.3 is 14.2 Å². The SMILES string of the molecule is COC(=O)C(C(=O)OC)[C@@H]1CCCC[C@H]1C(=O)c1ccc(OC)cc1. The smallest absolute Gasteiger partial charge is 0.320 e. The fraction of sp³-hybridized carbons (Fsp3) is 0.526. The van der Waals surface area contributed by atoms with Crippen LogP contribution in [0.15, 0.2) is 24.3 Å². The van der Waals surface area contributed by atoms with E-state index in [9.17, 15) is 14.4 Å². The van der Waals surface area contributed by atoms with Crippen molar-refractivity contribution >= 4 is 17.7 Å². The number of hydrogen-bond acceptors (Lipinski definition) is 6. The van der Waals surface area contributed by atoms with Crippen LogP contribution < -0.4 is 4.74 Å². The molecule has 1 aliphatic rings. The van der Waals surface area contributed by atoms with Crippen LogP contribution in [-0.4, -0.2) is 39.1 Å². The van der Waals surface area contributed by atoms with Crippen LogP contribution in [0, 0.1) is 17.8 Å². The van der Waals surface area contributed by atoms with Gasteiger partial charge in [-0.3, -0.25) is 14.4 Å². The lowest BCUT2D eigenvalue weighted by Gasteiger charge is -2.33. The monoisotopic (exact) mass is 348 g/mol. The van der Waals surface area contributed by atoms with Crippen molar-refractivity contribution in [2.75, 3.05) is 21.3 Å². The lowest BCUT2D eigenvalue weighted by atomic mass is 9.69. The number of esters is 2. The molecule has 0 radical (unpaired) electrons. The van der Waals surface area contributed by atoms with Crippen LogP contribution in [0.25, 0.3) is 0 Å². The zero-order chi connectivity index (χ0) is 18.4. The maximum Gasteiger partial charge on any atom is 0.320 e. The Morgan fingerprint density at radius 3 is 2.00 bits per heavy atom. The first-order valence-electron chi connectivity index (χ1n) is 8.37. The van der Waals surface area contributed by atoms with Crippen molar-refractivity contribution in [1.29, 1.82) is 0 Å². The third kappa shape index (κ3) is 4.18. The van der Waals surface area contributed by atoms with Crippen molar-refractivity contribution in [1.82, 2.24) is 0 Å². The molecule has 1 fully saturated rings. The lowest BCUT2D eigenvalue weighted by molar-refractivity contribution is -0.163. The molecule has 2 rings (SSSR count). The minimum atomic E-state index is -1.07. The fourth-order valence-corrected chi connectivity index (χ4v) is 3.55. The molecule has 0 amide bonds. The summed E-state index contributed by atoms with van der Waals surface area (Å²) in [5.74, 6) is -2.59. The van der Waals surface area contributed by atoms with Gasteiger partial charge in [0.15, 0.2) is 11.7 Å². The van der Waals surface area contributed by atoms with E-state index in [0.29, 0.717) is 24.2 Å². The fourth-order valence-electron chi connectivity index (χ4n) is 3.55. The number of ether oxygens (including phenoxy) is 3. The summed E-state index contributed by atoms with van der Waals surface area (Å²) in [6, 6.07) is 6.86. The molecule has 6 nitrogen and oxygen atoms in total. The molecule has 0 aromatic heterocycles. The molecule has 0 aliphatic heterocycles. The van der Waals surface area contributed by atoms with E-state index >= 15 is 0 Å². The molecular formula is C19H24O6. The molecule has 0 unspecified atom stereocenters. The average molecular weight is 348 g/mol. The number of carbonyl (C=O) groups is 3. The second kappa shape index (κ2) is 8.65. The van der Waals surface area contributed by atoms with Crippen molar-refractivity contribution in [2.45, 2.75) is 25.7 Å².